The van der Waals surface area contributed by atoms with Crippen molar-refractivity contribution in [1.82, 2.24) is 10.2 Å². The largest absolute Gasteiger partial charge is 0.313 e. The lowest BCUT2D eigenvalue weighted by molar-refractivity contribution is 0.189. The van der Waals surface area contributed by atoms with Gasteiger partial charge in [0.2, 0.25) is 0 Å². The Labute approximate surface area is 124 Å². The summed E-state index contributed by atoms with van der Waals surface area (Å²) in [4.78, 5) is 2.72. The molecule has 2 nitrogen and oxygen atoms in total. The third kappa shape index (κ3) is 3.42. The summed E-state index contributed by atoms with van der Waals surface area (Å²) in [6, 6.07) is 10.8. The number of aryl methyl sites for hydroxylation is 1. The van der Waals surface area contributed by atoms with Crippen molar-refractivity contribution in [1.29, 1.82) is 0 Å². The number of benzene rings is 1. The Hall–Kier alpha value is -0.860. The Morgan fingerprint density at radius 1 is 1.30 bits per heavy atom. The molecule has 1 aromatic carbocycles. The average molecular weight is 274 g/mol. The molecule has 2 heteroatoms. The van der Waals surface area contributed by atoms with E-state index in [0.717, 1.165) is 12.1 Å². The van der Waals surface area contributed by atoms with Crippen LogP contribution in [0.25, 0.3) is 0 Å². The van der Waals surface area contributed by atoms with Gasteiger partial charge in [0.1, 0.15) is 0 Å². The first-order valence-corrected chi connectivity index (χ1v) is 8.15. The van der Waals surface area contributed by atoms with Crippen molar-refractivity contribution in [2.45, 2.75) is 64.6 Å². The molecule has 1 fully saturated rings. The van der Waals surface area contributed by atoms with E-state index in [9.17, 15) is 0 Å². The van der Waals surface area contributed by atoms with Crippen LogP contribution in [0.15, 0.2) is 24.3 Å². The molecule has 1 aliphatic heterocycles. The molecule has 20 heavy (non-hydrogen) atoms. The highest BCUT2D eigenvalue weighted by Gasteiger charge is 2.29. The fraction of sp³-hybridized carbons (Fsp3) is 0.667. The maximum atomic E-state index is 3.50. The zero-order chi connectivity index (χ0) is 14.5. The molecule has 0 bridgehead atoms. The van der Waals surface area contributed by atoms with E-state index in [-0.39, 0.29) is 0 Å². The van der Waals surface area contributed by atoms with Gasteiger partial charge in [0.15, 0.2) is 0 Å². The molecule has 1 aromatic rings. The minimum absolute atomic E-state index is 0.474. The van der Waals surface area contributed by atoms with Gasteiger partial charge in [-0.3, -0.25) is 4.90 Å². The molecule has 2 rings (SSSR count). The van der Waals surface area contributed by atoms with Crippen molar-refractivity contribution < 1.29 is 0 Å². The summed E-state index contributed by atoms with van der Waals surface area (Å²) in [7, 11) is 2.09. The standard InChI is InChI=1S/C18H30N2/c1-5-16-11-10-15(3)20(16)13-12-18(19-4)17-9-7-6-8-14(17)2/h6-9,15-16,18-19H,5,10-13H2,1-4H3. The van der Waals surface area contributed by atoms with Gasteiger partial charge in [0, 0.05) is 24.7 Å². The Kier molecular flexibility index (Phi) is 5.62. The molecule has 1 N–H and O–H groups in total. The number of likely N-dealkylation sites (tertiary alicyclic amines) is 1. The van der Waals surface area contributed by atoms with E-state index in [1.165, 1.54) is 43.4 Å². The van der Waals surface area contributed by atoms with Gasteiger partial charge >= 0.3 is 0 Å². The van der Waals surface area contributed by atoms with Crippen LogP contribution in [0, 0.1) is 6.92 Å². The number of hydrogen-bond donors (Lipinski definition) is 1. The topological polar surface area (TPSA) is 15.3 Å². The molecular formula is C18H30N2. The fourth-order valence-electron chi connectivity index (χ4n) is 3.68. The van der Waals surface area contributed by atoms with Crippen molar-refractivity contribution in [2.75, 3.05) is 13.6 Å². The van der Waals surface area contributed by atoms with Crippen molar-refractivity contribution in [3.8, 4) is 0 Å². The molecule has 3 atom stereocenters. The number of nitrogens with zero attached hydrogens (tertiary/aromatic N) is 1. The Morgan fingerprint density at radius 2 is 2.05 bits per heavy atom. The Bertz CT molecular complexity index is 416. The van der Waals surface area contributed by atoms with Gasteiger partial charge < -0.3 is 5.32 Å². The summed E-state index contributed by atoms with van der Waals surface area (Å²) in [5, 5.41) is 3.50. The summed E-state index contributed by atoms with van der Waals surface area (Å²) >= 11 is 0. The van der Waals surface area contributed by atoms with Crippen molar-refractivity contribution in [3.05, 3.63) is 35.4 Å². The van der Waals surface area contributed by atoms with Crippen LogP contribution in [-0.2, 0) is 0 Å². The molecule has 1 heterocycles. The van der Waals surface area contributed by atoms with Gasteiger partial charge in [-0.25, -0.2) is 0 Å². The predicted molar refractivity (Wildman–Crippen MR) is 87.1 cm³/mol. The van der Waals surface area contributed by atoms with Gasteiger partial charge in [-0.15, -0.1) is 0 Å². The minimum atomic E-state index is 0.474. The van der Waals surface area contributed by atoms with Crippen LogP contribution in [0.5, 0.6) is 0 Å². The first kappa shape index (κ1) is 15.5. The Morgan fingerprint density at radius 3 is 2.70 bits per heavy atom. The van der Waals surface area contributed by atoms with Crippen LogP contribution in [-0.4, -0.2) is 30.6 Å². The SMILES string of the molecule is CCC1CCC(C)N1CCC(NC)c1ccccc1C. The van der Waals surface area contributed by atoms with Crippen molar-refractivity contribution >= 4 is 0 Å². The molecule has 0 aliphatic carbocycles. The monoisotopic (exact) mass is 274 g/mol. The van der Waals surface area contributed by atoms with E-state index in [0.29, 0.717) is 6.04 Å². The lowest BCUT2D eigenvalue weighted by Gasteiger charge is -2.30. The second kappa shape index (κ2) is 7.24. The zero-order valence-corrected chi connectivity index (χ0v) is 13.5. The van der Waals surface area contributed by atoms with Gasteiger partial charge in [0.25, 0.3) is 0 Å². The highest BCUT2D eigenvalue weighted by molar-refractivity contribution is 5.28. The van der Waals surface area contributed by atoms with Crippen LogP contribution in [0.4, 0.5) is 0 Å². The quantitative estimate of drug-likeness (QED) is 0.846. The second-order valence-corrected chi connectivity index (χ2v) is 6.21. The van der Waals surface area contributed by atoms with Crippen molar-refractivity contribution in [3.63, 3.8) is 0 Å². The van der Waals surface area contributed by atoms with E-state index < -0.39 is 0 Å². The first-order chi connectivity index (χ1) is 9.67. The number of rotatable bonds is 6. The second-order valence-electron chi connectivity index (χ2n) is 6.21. The molecule has 0 radical (unpaired) electrons. The maximum Gasteiger partial charge on any atom is 0.0332 e. The molecule has 1 saturated heterocycles. The van der Waals surface area contributed by atoms with Crippen molar-refractivity contribution in [2.24, 2.45) is 0 Å². The zero-order valence-electron chi connectivity index (χ0n) is 13.5. The third-order valence-corrected chi connectivity index (χ3v) is 5.01. The third-order valence-electron chi connectivity index (χ3n) is 5.01. The molecule has 0 spiro atoms. The molecule has 0 saturated carbocycles. The minimum Gasteiger partial charge on any atom is -0.313 e. The van der Waals surface area contributed by atoms with Gasteiger partial charge in [-0.1, -0.05) is 31.2 Å². The number of nitrogens with one attached hydrogen (secondary N) is 1. The van der Waals surface area contributed by atoms with Gasteiger partial charge in [-0.2, -0.15) is 0 Å². The fourth-order valence-corrected chi connectivity index (χ4v) is 3.68. The highest BCUT2D eigenvalue weighted by Crippen LogP contribution is 2.28. The summed E-state index contributed by atoms with van der Waals surface area (Å²) in [5.74, 6) is 0. The normalized spacial score (nSPS) is 25.0. The smallest absolute Gasteiger partial charge is 0.0332 e. The summed E-state index contributed by atoms with van der Waals surface area (Å²) in [6.45, 7) is 8.14. The van der Waals surface area contributed by atoms with E-state index >= 15 is 0 Å². The maximum absolute atomic E-state index is 3.50. The molecule has 0 aromatic heterocycles. The molecule has 0 amide bonds. The Balaban J connectivity index is 1.99. The van der Waals surface area contributed by atoms with Crippen LogP contribution < -0.4 is 5.32 Å². The van der Waals surface area contributed by atoms with Gasteiger partial charge in [0.05, 0.1) is 0 Å². The molecule has 1 aliphatic rings. The van der Waals surface area contributed by atoms with Crippen LogP contribution in [0.1, 0.15) is 56.7 Å². The van der Waals surface area contributed by atoms with E-state index in [1.807, 2.05) is 0 Å². The lowest BCUT2D eigenvalue weighted by Crippen LogP contribution is -2.36. The summed E-state index contributed by atoms with van der Waals surface area (Å²) < 4.78 is 0. The highest BCUT2D eigenvalue weighted by atomic mass is 15.2. The molecule has 3 unspecified atom stereocenters. The van der Waals surface area contributed by atoms with Crippen LogP contribution >= 0.6 is 0 Å². The van der Waals surface area contributed by atoms with Crippen LogP contribution in [0.3, 0.4) is 0 Å². The first-order valence-electron chi connectivity index (χ1n) is 8.15. The van der Waals surface area contributed by atoms with Gasteiger partial charge in [-0.05, 0) is 57.7 Å². The van der Waals surface area contributed by atoms with E-state index in [2.05, 4.69) is 62.3 Å². The van der Waals surface area contributed by atoms with E-state index in [4.69, 9.17) is 0 Å². The van der Waals surface area contributed by atoms with Crippen LogP contribution in [0.2, 0.25) is 0 Å². The molecular weight excluding hydrogens is 244 g/mol. The average Bonchev–Trinajstić information content (AvgIpc) is 2.82. The number of hydrogen-bond acceptors (Lipinski definition) is 2. The molecule has 112 valence electrons. The predicted octanol–water partition coefficient (Wildman–Crippen LogP) is 3.91. The lowest BCUT2D eigenvalue weighted by atomic mass is 9.98. The summed E-state index contributed by atoms with van der Waals surface area (Å²) in [6.07, 6.45) is 5.24. The van der Waals surface area contributed by atoms with E-state index in [1.54, 1.807) is 0 Å². The summed E-state index contributed by atoms with van der Waals surface area (Å²) in [5.41, 5.74) is 2.85.